The van der Waals surface area contributed by atoms with E-state index in [4.69, 9.17) is 0 Å². The lowest BCUT2D eigenvalue weighted by Gasteiger charge is -2.14. The molecule has 1 heteroatoms. The number of hydrogen-bond donors (Lipinski definition) is 1. The minimum absolute atomic E-state index is 0.613. The first kappa shape index (κ1) is 11.5. The highest BCUT2D eigenvalue weighted by Crippen LogP contribution is 2.00. The summed E-state index contributed by atoms with van der Waals surface area (Å²) in [7, 11) is 0. The molecule has 0 radical (unpaired) electrons. The molecule has 0 fully saturated rings. The first-order chi connectivity index (χ1) is 5.85. The summed E-state index contributed by atoms with van der Waals surface area (Å²) >= 11 is 0. The Morgan fingerprint density at radius 3 is 2.50 bits per heavy atom. The summed E-state index contributed by atoms with van der Waals surface area (Å²) in [4.78, 5) is 0. The normalized spacial score (nSPS) is 11.9. The van der Waals surface area contributed by atoms with Crippen molar-refractivity contribution in [1.29, 1.82) is 0 Å². The van der Waals surface area contributed by atoms with Crippen LogP contribution in [0.1, 0.15) is 46.5 Å². The molecule has 0 aliphatic heterocycles. The highest BCUT2D eigenvalue weighted by atomic mass is 14.9. The lowest BCUT2D eigenvalue weighted by molar-refractivity contribution is 0.484. The van der Waals surface area contributed by atoms with Crippen LogP contribution in [0, 0.1) is 11.8 Å². The van der Waals surface area contributed by atoms with Crippen molar-refractivity contribution in [2.75, 3.05) is 6.54 Å². The lowest BCUT2D eigenvalue weighted by atomic mass is 10.1. The third-order valence-electron chi connectivity index (χ3n) is 1.85. The van der Waals surface area contributed by atoms with Crippen LogP contribution in [0.25, 0.3) is 0 Å². The van der Waals surface area contributed by atoms with Gasteiger partial charge in [-0.15, -0.1) is 11.8 Å². The first-order valence-corrected chi connectivity index (χ1v) is 4.98. The van der Waals surface area contributed by atoms with Gasteiger partial charge in [0.15, 0.2) is 0 Å². The third-order valence-corrected chi connectivity index (χ3v) is 1.85. The fourth-order valence-corrected chi connectivity index (χ4v) is 1.20. The maximum Gasteiger partial charge on any atom is 0.0243 e. The molecule has 0 aromatic heterocycles. The van der Waals surface area contributed by atoms with Gasteiger partial charge in [0.05, 0.1) is 0 Å². The van der Waals surface area contributed by atoms with Crippen molar-refractivity contribution in [3.63, 3.8) is 0 Å². The molecule has 1 atom stereocenters. The minimum atomic E-state index is 0.613. The number of nitrogens with one attached hydrogen (secondary N) is 1. The third kappa shape index (κ3) is 6.24. The van der Waals surface area contributed by atoms with E-state index >= 15 is 0 Å². The molecule has 0 spiro atoms. The highest BCUT2D eigenvalue weighted by Gasteiger charge is 2.02. The second kappa shape index (κ2) is 8.62. The lowest BCUT2D eigenvalue weighted by Crippen LogP contribution is -2.29. The maximum absolute atomic E-state index is 3.50. The second-order valence-corrected chi connectivity index (χ2v) is 3.07. The van der Waals surface area contributed by atoms with E-state index in [1.54, 1.807) is 0 Å². The quantitative estimate of drug-likeness (QED) is 0.599. The second-order valence-electron chi connectivity index (χ2n) is 3.07. The van der Waals surface area contributed by atoms with Gasteiger partial charge in [-0.05, 0) is 26.3 Å². The molecule has 0 aromatic carbocycles. The van der Waals surface area contributed by atoms with Crippen LogP contribution in [0.15, 0.2) is 0 Å². The average molecular weight is 167 g/mol. The molecule has 0 aromatic rings. The van der Waals surface area contributed by atoms with Gasteiger partial charge in [0, 0.05) is 12.5 Å². The molecular formula is C11H21N. The van der Waals surface area contributed by atoms with E-state index in [2.05, 4.69) is 31.0 Å². The van der Waals surface area contributed by atoms with Gasteiger partial charge in [0.1, 0.15) is 0 Å². The Balaban J connectivity index is 3.58. The van der Waals surface area contributed by atoms with Crippen LogP contribution in [-0.2, 0) is 0 Å². The van der Waals surface area contributed by atoms with E-state index in [1.165, 1.54) is 19.3 Å². The molecule has 0 aliphatic rings. The summed E-state index contributed by atoms with van der Waals surface area (Å²) in [5.41, 5.74) is 0. The van der Waals surface area contributed by atoms with Gasteiger partial charge in [-0.25, -0.2) is 0 Å². The Bertz CT molecular complexity index is 141. The Kier molecular flexibility index (Phi) is 8.27. The minimum Gasteiger partial charge on any atom is -0.313 e. The predicted octanol–water partition coefficient (Wildman–Crippen LogP) is 2.57. The summed E-state index contributed by atoms with van der Waals surface area (Å²) in [5.74, 6) is 6.07. The molecule has 0 aliphatic carbocycles. The van der Waals surface area contributed by atoms with Crippen LogP contribution in [0.2, 0.25) is 0 Å². The van der Waals surface area contributed by atoms with Crippen molar-refractivity contribution in [1.82, 2.24) is 5.32 Å². The van der Waals surface area contributed by atoms with Gasteiger partial charge < -0.3 is 5.32 Å². The van der Waals surface area contributed by atoms with E-state index in [0.29, 0.717) is 6.04 Å². The molecule has 0 amide bonds. The molecule has 0 saturated carbocycles. The van der Waals surface area contributed by atoms with Crippen LogP contribution < -0.4 is 5.32 Å². The molecule has 1 nitrogen and oxygen atoms in total. The van der Waals surface area contributed by atoms with Crippen LogP contribution in [0.3, 0.4) is 0 Å². The molecule has 12 heavy (non-hydrogen) atoms. The largest absolute Gasteiger partial charge is 0.313 e. The van der Waals surface area contributed by atoms with Crippen molar-refractivity contribution >= 4 is 0 Å². The van der Waals surface area contributed by atoms with E-state index in [9.17, 15) is 0 Å². The zero-order chi connectivity index (χ0) is 9.23. The Morgan fingerprint density at radius 2 is 2.00 bits per heavy atom. The molecule has 0 saturated heterocycles. The van der Waals surface area contributed by atoms with Crippen LogP contribution in [0.5, 0.6) is 0 Å². The topological polar surface area (TPSA) is 12.0 Å². The van der Waals surface area contributed by atoms with E-state index < -0.39 is 0 Å². The standard InChI is InChI=1S/C11H21N/c1-4-7-9-11(8-5-2)12-10-6-3/h11-12H,5-6,8-10H2,1-3H3. The Morgan fingerprint density at radius 1 is 1.25 bits per heavy atom. The molecule has 0 bridgehead atoms. The maximum atomic E-state index is 3.50. The average Bonchev–Trinajstić information content (AvgIpc) is 2.10. The van der Waals surface area contributed by atoms with Gasteiger partial charge in [-0.1, -0.05) is 20.3 Å². The molecular weight excluding hydrogens is 146 g/mol. The summed E-state index contributed by atoms with van der Waals surface area (Å²) in [6.07, 6.45) is 4.70. The fourth-order valence-electron chi connectivity index (χ4n) is 1.20. The van der Waals surface area contributed by atoms with Gasteiger partial charge in [-0.3, -0.25) is 0 Å². The van der Waals surface area contributed by atoms with Crippen LogP contribution in [0.4, 0.5) is 0 Å². The molecule has 1 unspecified atom stereocenters. The van der Waals surface area contributed by atoms with E-state index in [1.807, 2.05) is 6.92 Å². The SMILES string of the molecule is CC#CCC(CCC)NCCC. The van der Waals surface area contributed by atoms with Gasteiger partial charge in [-0.2, -0.15) is 0 Å². The fraction of sp³-hybridized carbons (Fsp3) is 0.818. The Hall–Kier alpha value is -0.480. The van der Waals surface area contributed by atoms with Crippen molar-refractivity contribution < 1.29 is 0 Å². The number of hydrogen-bond acceptors (Lipinski definition) is 1. The molecule has 0 rings (SSSR count). The van der Waals surface area contributed by atoms with Crippen molar-refractivity contribution in [3.8, 4) is 11.8 Å². The van der Waals surface area contributed by atoms with Crippen molar-refractivity contribution in [3.05, 3.63) is 0 Å². The van der Waals surface area contributed by atoms with Gasteiger partial charge in [0.2, 0.25) is 0 Å². The molecule has 0 heterocycles. The monoisotopic (exact) mass is 167 g/mol. The van der Waals surface area contributed by atoms with Gasteiger partial charge in [0.25, 0.3) is 0 Å². The summed E-state index contributed by atoms with van der Waals surface area (Å²) in [5, 5.41) is 3.50. The number of rotatable bonds is 6. The summed E-state index contributed by atoms with van der Waals surface area (Å²) in [6.45, 7) is 7.44. The summed E-state index contributed by atoms with van der Waals surface area (Å²) in [6, 6.07) is 0.613. The summed E-state index contributed by atoms with van der Waals surface area (Å²) < 4.78 is 0. The zero-order valence-corrected chi connectivity index (χ0v) is 8.61. The van der Waals surface area contributed by atoms with E-state index in [-0.39, 0.29) is 0 Å². The molecule has 1 N–H and O–H groups in total. The van der Waals surface area contributed by atoms with Crippen LogP contribution >= 0.6 is 0 Å². The van der Waals surface area contributed by atoms with Crippen LogP contribution in [-0.4, -0.2) is 12.6 Å². The first-order valence-electron chi connectivity index (χ1n) is 4.98. The zero-order valence-electron chi connectivity index (χ0n) is 8.61. The predicted molar refractivity (Wildman–Crippen MR) is 55.1 cm³/mol. The van der Waals surface area contributed by atoms with Crippen molar-refractivity contribution in [2.24, 2.45) is 0 Å². The molecule has 70 valence electrons. The Labute approximate surface area is 76.9 Å². The van der Waals surface area contributed by atoms with Crippen molar-refractivity contribution in [2.45, 2.75) is 52.5 Å². The van der Waals surface area contributed by atoms with E-state index in [0.717, 1.165) is 13.0 Å². The highest BCUT2D eigenvalue weighted by molar-refractivity contribution is 4.97. The smallest absolute Gasteiger partial charge is 0.0243 e. The van der Waals surface area contributed by atoms with Gasteiger partial charge >= 0.3 is 0 Å².